The molecule has 0 bridgehead atoms. The number of hydrogen-bond acceptors (Lipinski definition) is 5. The molecule has 0 saturated heterocycles. The molecule has 25 heavy (non-hydrogen) atoms. The first-order valence-electron chi connectivity index (χ1n) is 7.64. The Hall–Kier alpha value is -3.61. The van der Waals surface area contributed by atoms with Crippen molar-refractivity contribution < 1.29 is 0 Å². The van der Waals surface area contributed by atoms with E-state index in [1.54, 1.807) is 31.3 Å². The summed E-state index contributed by atoms with van der Waals surface area (Å²) in [6.07, 6.45) is 0. The fraction of sp³-hybridized carbons (Fsp3) is 0.0556. The van der Waals surface area contributed by atoms with Gasteiger partial charge in [-0.1, -0.05) is 48.5 Å². The lowest BCUT2D eigenvalue weighted by atomic mass is 10.2. The van der Waals surface area contributed by atoms with Crippen molar-refractivity contribution in [3.05, 3.63) is 81.5 Å². The molecule has 2 aromatic carbocycles. The van der Waals surface area contributed by atoms with Crippen LogP contribution >= 0.6 is 0 Å². The Labute approximate surface area is 141 Å². The molecule has 7 heteroatoms. The average molecular weight is 331 g/mol. The third kappa shape index (κ3) is 2.42. The summed E-state index contributed by atoms with van der Waals surface area (Å²) in [7, 11) is 1.54. The number of aromatic nitrogens is 5. The van der Waals surface area contributed by atoms with Gasteiger partial charge in [0.05, 0.1) is 5.69 Å². The van der Waals surface area contributed by atoms with Gasteiger partial charge in [-0.2, -0.15) is 0 Å². The SMILES string of the molecule is Cn1c(=O)n(-c2ccccc2)c(=O)c2nc(-c3ccccc3)nnc21. The van der Waals surface area contributed by atoms with E-state index in [-0.39, 0.29) is 11.2 Å². The summed E-state index contributed by atoms with van der Waals surface area (Å²) in [6, 6.07) is 18.0. The molecule has 2 heterocycles. The second kappa shape index (κ2) is 5.79. The maximum absolute atomic E-state index is 12.9. The van der Waals surface area contributed by atoms with Gasteiger partial charge in [0.15, 0.2) is 17.0 Å². The minimum Gasteiger partial charge on any atom is -0.277 e. The Bertz CT molecular complexity index is 1180. The number of nitrogens with zero attached hydrogens (tertiary/aromatic N) is 5. The van der Waals surface area contributed by atoms with Gasteiger partial charge in [-0.3, -0.25) is 9.36 Å². The molecule has 2 aromatic heterocycles. The van der Waals surface area contributed by atoms with Crippen molar-refractivity contribution in [2.75, 3.05) is 0 Å². The molecule has 0 amide bonds. The summed E-state index contributed by atoms with van der Waals surface area (Å²) in [6.45, 7) is 0. The van der Waals surface area contributed by atoms with Crippen LogP contribution < -0.4 is 11.2 Å². The molecular weight excluding hydrogens is 318 g/mol. The van der Waals surface area contributed by atoms with E-state index >= 15 is 0 Å². The second-order valence-electron chi connectivity index (χ2n) is 5.49. The molecule has 4 aromatic rings. The van der Waals surface area contributed by atoms with Gasteiger partial charge in [0.25, 0.3) is 5.56 Å². The lowest BCUT2D eigenvalue weighted by Gasteiger charge is -2.09. The van der Waals surface area contributed by atoms with Gasteiger partial charge >= 0.3 is 5.69 Å². The molecule has 0 atom stereocenters. The first kappa shape index (κ1) is 14.9. The topological polar surface area (TPSA) is 82.7 Å². The van der Waals surface area contributed by atoms with Crippen molar-refractivity contribution in [3.8, 4) is 17.1 Å². The number of benzene rings is 2. The van der Waals surface area contributed by atoms with E-state index in [9.17, 15) is 9.59 Å². The van der Waals surface area contributed by atoms with Crippen LogP contribution in [0.5, 0.6) is 0 Å². The number of para-hydroxylation sites is 1. The molecule has 4 rings (SSSR count). The van der Waals surface area contributed by atoms with E-state index in [0.717, 1.165) is 10.1 Å². The molecule has 0 N–H and O–H groups in total. The molecule has 0 aliphatic carbocycles. The van der Waals surface area contributed by atoms with E-state index < -0.39 is 11.2 Å². The lowest BCUT2D eigenvalue weighted by Crippen LogP contribution is -2.38. The highest BCUT2D eigenvalue weighted by molar-refractivity contribution is 5.71. The van der Waals surface area contributed by atoms with Crippen molar-refractivity contribution in [2.24, 2.45) is 7.05 Å². The lowest BCUT2D eigenvalue weighted by molar-refractivity contribution is 0.750. The van der Waals surface area contributed by atoms with Crippen LogP contribution in [0.2, 0.25) is 0 Å². The van der Waals surface area contributed by atoms with Crippen LogP contribution in [-0.4, -0.2) is 24.3 Å². The summed E-state index contributed by atoms with van der Waals surface area (Å²) in [5.41, 5.74) is 0.469. The van der Waals surface area contributed by atoms with Crippen LogP contribution in [0, 0.1) is 0 Å². The molecule has 0 aliphatic heterocycles. The third-order valence-electron chi connectivity index (χ3n) is 3.92. The summed E-state index contributed by atoms with van der Waals surface area (Å²) < 4.78 is 2.37. The maximum Gasteiger partial charge on any atom is 0.337 e. The van der Waals surface area contributed by atoms with Gasteiger partial charge in [-0.25, -0.2) is 14.3 Å². The zero-order valence-electron chi connectivity index (χ0n) is 13.3. The molecule has 0 saturated carbocycles. The van der Waals surface area contributed by atoms with Gasteiger partial charge in [-0.05, 0) is 12.1 Å². The first-order chi connectivity index (χ1) is 12.2. The van der Waals surface area contributed by atoms with Gasteiger partial charge in [0, 0.05) is 12.6 Å². The van der Waals surface area contributed by atoms with Gasteiger partial charge in [-0.15, -0.1) is 10.2 Å². The summed E-state index contributed by atoms with van der Waals surface area (Å²) in [5, 5.41) is 8.10. The molecule has 0 aliphatic rings. The van der Waals surface area contributed by atoms with Crippen LogP contribution in [0.3, 0.4) is 0 Å². The number of aryl methyl sites for hydroxylation is 1. The van der Waals surface area contributed by atoms with Crippen LogP contribution in [0.1, 0.15) is 0 Å². The summed E-state index contributed by atoms with van der Waals surface area (Å²) in [4.78, 5) is 29.9. The van der Waals surface area contributed by atoms with E-state index in [0.29, 0.717) is 11.5 Å². The Morgan fingerprint density at radius 2 is 1.48 bits per heavy atom. The van der Waals surface area contributed by atoms with Crippen molar-refractivity contribution in [3.63, 3.8) is 0 Å². The molecular formula is C18H13N5O2. The van der Waals surface area contributed by atoms with Gasteiger partial charge in [0.2, 0.25) is 0 Å². The van der Waals surface area contributed by atoms with E-state index in [1.807, 2.05) is 36.4 Å². The highest BCUT2D eigenvalue weighted by Gasteiger charge is 2.16. The quantitative estimate of drug-likeness (QED) is 0.556. The van der Waals surface area contributed by atoms with Gasteiger partial charge in [0.1, 0.15) is 0 Å². The summed E-state index contributed by atoms with van der Waals surface area (Å²) in [5.74, 6) is 0.337. The number of hydrogen-bond donors (Lipinski definition) is 0. The maximum atomic E-state index is 12.9. The number of rotatable bonds is 2. The molecule has 0 radical (unpaired) electrons. The van der Waals surface area contributed by atoms with Gasteiger partial charge < -0.3 is 0 Å². The second-order valence-corrected chi connectivity index (χ2v) is 5.49. The van der Waals surface area contributed by atoms with Crippen LogP contribution in [0.4, 0.5) is 0 Å². The Balaban J connectivity index is 2.06. The highest BCUT2D eigenvalue weighted by atomic mass is 16.2. The van der Waals surface area contributed by atoms with Crippen LogP contribution in [0.15, 0.2) is 70.3 Å². The largest absolute Gasteiger partial charge is 0.337 e. The van der Waals surface area contributed by atoms with E-state index in [2.05, 4.69) is 15.2 Å². The first-order valence-corrected chi connectivity index (χ1v) is 7.64. The Kier molecular flexibility index (Phi) is 3.46. The highest BCUT2D eigenvalue weighted by Crippen LogP contribution is 2.14. The van der Waals surface area contributed by atoms with Crippen molar-refractivity contribution in [1.29, 1.82) is 0 Å². The Morgan fingerprint density at radius 3 is 2.16 bits per heavy atom. The number of fused-ring (bicyclic) bond motifs is 1. The fourth-order valence-electron chi connectivity index (χ4n) is 2.64. The molecule has 0 fully saturated rings. The minimum atomic E-state index is -0.517. The zero-order chi connectivity index (χ0) is 17.4. The monoisotopic (exact) mass is 331 g/mol. The van der Waals surface area contributed by atoms with Crippen LogP contribution in [0.25, 0.3) is 28.2 Å². The average Bonchev–Trinajstić information content (AvgIpc) is 2.67. The van der Waals surface area contributed by atoms with E-state index in [4.69, 9.17) is 0 Å². The molecule has 7 nitrogen and oxygen atoms in total. The third-order valence-corrected chi connectivity index (χ3v) is 3.92. The predicted molar refractivity (Wildman–Crippen MR) is 93.6 cm³/mol. The minimum absolute atomic E-state index is 0.0970. The molecule has 122 valence electrons. The Morgan fingerprint density at radius 1 is 0.840 bits per heavy atom. The van der Waals surface area contributed by atoms with Crippen LogP contribution in [-0.2, 0) is 7.05 Å². The molecule has 0 spiro atoms. The fourth-order valence-corrected chi connectivity index (χ4v) is 2.64. The van der Waals surface area contributed by atoms with Crippen molar-refractivity contribution >= 4 is 11.2 Å². The normalized spacial score (nSPS) is 10.9. The summed E-state index contributed by atoms with van der Waals surface area (Å²) >= 11 is 0. The standard InChI is InChI=1S/C18H13N5O2/c1-22-16-14(19-15(20-21-16)12-8-4-2-5-9-12)17(24)23(18(22)25)13-10-6-3-7-11-13/h2-11H,1H3. The van der Waals surface area contributed by atoms with E-state index in [1.165, 1.54) is 4.57 Å². The van der Waals surface area contributed by atoms with Crippen molar-refractivity contribution in [1.82, 2.24) is 24.3 Å². The predicted octanol–water partition coefficient (Wildman–Crippen LogP) is 1.54. The zero-order valence-corrected chi connectivity index (χ0v) is 13.3. The molecule has 0 unspecified atom stereocenters. The smallest absolute Gasteiger partial charge is 0.277 e. The van der Waals surface area contributed by atoms with Crippen molar-refractivity contribution in [2.45, 2.75) is 0 Å².